The zero-order chi connectivity index (χ0) is 19.0. The van der Waals surface area contributed by atoms with Crippen molar-refractivity contribution in [3.05, 3.63) is 34.5 Å². The number of fused-ring (bicyclic) bond motifs is 1. The Morgan fingerprint density at radius 1 is 1.19 bits per heavy atom. The summed E-state index contributed by atoms with van der Waals surface area (Å²) in [6.07, 6.45) is 3.02. The standard InChI is InChI=1S/C20H30N6O/c1-14(2)19-21-11-16-12-25(6-5-18(16)22-19)13-17-15(3)23-24(4)20(17)26-7-9-27-10-8-26/h11,14H,5-10,12-13H2,1-4H3. The van der Waals surface area contributed by atoms with Gasteiger partial charge in [0, 0.05) is 75.1 Å². The van der Waals surface area contributed by atoms with Gasteiger partial charge in [0.15, 0.2) is 0 Å². The highest BCUT2D eigenvalue weighted by Crippen LogP contribution is 2.28. The molecule has 0 spiro atoms. The van der Waals surface area contributed by atoms with Crippen LogP contribution in [-0.4, -0.2) is 57.5 Å². The Hall–Kier alpha value is -1.99. The Morgan fingerprint density at radius 2 is 1.96 bits per heavy atom. The summed E-state index contributed by atoms with van der Waals surface area (Å²) in [7, 11) is 2.05. The van der Waals surface area contributed by atoms with Crippen molar-refractivity contribution in [2.45, 2.75) is 46.2 Å². The summed E-state index contributed by atoms with van der Waals surface area (Å²) in [6.45, 7) is 12.7. The van der Waals surface area contributed by atoms with Crippen LogP contribution in [0.1, 0.15) is 48.1 Å². The maximum Gasteiger partial charge on any atom is 0.131 e. The van der Waals surface area contributed by atoms with Crippen molar-refractivity contribution in [3.8, 4) is 0 Å². The van der Waals surface area contributed by atoms with E-state index in [9.17, 15) is 0 Å². The van der Waals surface area contributed by atoms with Gasteiger partial charge >= 0.3 is 0 Å². The highest BCUT2D eigenvalue weighted by Gasteiger charge is 2.25. The molecule has 7 heteroatoms. The molecule has 0 saturated carbocycles. The maximum atomic E-state index is 5.53. The maximum absolute atomic E-state index is 5.53. The van der Waals surface area contributed by atoms with Crippen LogP contribution in [0.25, 0.3) is 0 Å². The van der Waals surface area contributed by atoms with Gasteiger partial charge in [-0.15, -0.1) is 0 Å². The van der Waals surface area contributed by atoms with E-state index >= 15 is 0 Å². The third-order valence-electron chi connectivity index (χ3n) is 5.55. The molecule has 27 heavy (non-hydrogen) atoms. The average molecular weight is 371 g/mol. The highest BCUT2D eigenvalue weighted by atomic mass is 16.5. The summed E-state index contributed by atoms with van der Waals surface area (Å²) < 4.78 is 7.56. The van der Waals surface area contributed by atoms with E-state index in [2.05, 4.69) is 35.6 Å². The highest BCUT2D eigenvalue weighted by molar-refractivity contribution is 5.50. The fourth-order valence-corrected chi connectivity index (χ4v) is 4.07. The lowest BCUT2D eigenvalue weighted by Crippen LogP contribution is -2.38. The van der Waals surface area contributed by atoms with Crippen LogP contribution in [-0.2, 0) is 31.3 Å². The van der Waals surface area contributed by atoms with Crippen LogP contribution >= 0.6 is 0 Å². The number of morpholine rings is 1. The lowest BCUT2D eigenvalue weighted by Gasteiger charge is -2.32. The van der Waals surface area contributed by atoms with Crippen LogP contribution in [0.4, 0.5) is 5.82 Å². The van der Waals surface area contributed by atoms with Crippen molar-refractivity contribution in [2.24, 2.45) is 7.05 Å². The van der Waals surface area contributed by atoms with E-state index in [1.807, 2.05) is 17.9 Å². The topological polar surface area (TPSA) is 59.3 Å². The molecule has 0 atom stereocenters. The van der Waals surface area contributed by atoms with Crippen molar-refractivity contribution >= 4 is 5.82 Å². The molecule has 0 aromatic carbocycles. The molecule has 2 aromatic heterocycles. The van der Waals surface area contributed by atoms with Crippen LogP contribution in [0.3, 0.4) is 0 Å². The molecule has 0 unspecified atom stereocenters. The zero-order valence-electron chi connectivity index (χ0n) is 16.9. The smallest absolute Gasteiger partial charge is 0.131 e. The second-order valence-electron chi connectivity index (χ2n) is 7.93. The molecule has 7 nitrogen and oxygen atoms in total. The van der Waals surface area contributed by atoms with Crippen molar-refractivity contribution in [3.63, 3.8) is 0 Å². The van der Waals surface area contributed by atoms with E-state index in [1.165, 1.54) is 22.6 Å². The molecule has 4 heterocycles. The normalized spacial score (nSPS) is 18.2. The molecular weight excluding hydrogens is 340 g/mol. The molecule has 2 aliphatic rings. The second-order valence-corrected chi connectivity index (χ2v) is 7.93. The molecular formula is C20H30N6O. The number of aromatic nitrogens is 4. The molecule has 1 saturated heterocycles. The van der Waals surface area contributed by atoms with Gasteiger partial charge in [-0.25, -0.2) is 9.97 Å². The van der Waals surface area contributed by atoms with Gasteiger partial charge in [-0.2, -0.15) is 5.10 Å². The number of aryl methyl sites for hydroxylation is 2. The largest absolute Gasteiger partial charge is 0.378 e. The fourth-order valence-electron chi connectivity index (χ4n) is 4.07. The Bertz CT molecular complexity index is 809. The molecule has 2 aromatic rings. The van der Waals surface area contributed by atoms with Crippen molar-refractivity contribution in [2.75, 3.05) is 37.7 Å². The first-order chi connectivity index (χ1) is 13.0. The van der Waals surface area contributed by atoms with E-state index in [4.69, 9.17) is 14.8 Å². The Balaban J connectivity index is 1.53. The molecule has 2 aliphatic heterocycles. The predicted octanol–water partition coefficient (Wildman–Crippen LogP) is 2.04. The lowest BCUT2D eigenvalue weighted by molar-refractivity contribution is 0.122. The molecule has 4 rings (SSSR count). The molecule has 0 amide bonds. The fraction of sp³-hybridized carbons (Fsp3) is 0.650. The van der Waals surface area contributed by atoms with Gasteiger partial charge in [0.2, 0.25) is 0 Å². The summed E-state index contributed by atoms with van der Waals surface area (Å²) in [6, 6.07) is 0. The monoisotopic (exact) mass is 370 g/mol. The van der Waals surface area contributed by atoms with Gasteiger partial charge in [0.25, 0.3) is 0 Å². The van der Waals surface area contributed by atoms with Gasteiger partial charge in [-0.1, -0.05) is 13.8 Å². The molecule has 0 radical (unpaired) electrons. The Morgan fingerprint density at radius 3 is 2.70 bits per heavy atom. The minimum Gasteiger partial charge on any atom is -0.378 e. The average Bonchev–Trinajstić information content (AvgIpc) is 2.95. The molecule has 0 aliphatic carbocycles. The number of hydrogen-bond donors (Lipinski definition) is 0. The third kappa shape index (κ3) is 3.71. The van der Waals surface area contributed by atoms with E-state index in [0.29, 0.717) is 5.92 Å². The second kappa shape index (κ2) is 7.56. The lowest BCUT2D eigenvalue weighted by atomic mass is 10.1. The summed E-state index contributed by atoms with van der Waals surface area (Å²) in [5.41, 5.74) is 4.94. The van der Waals surface area contributed by atoms with E-state index in [-0.39, 0.29) is 0 Å². The summed E-state index contributed by atoms with van der Waals surface area (Å²) in [5.74, 6) is 2.58. The molecule has 146 valence electrons. The van der Waals surface area contributed by atoms with E-state index in [0.717, 1.165) is 63.9 Å². The Kier molecular flexibility index (Phi) is 5.14. The van der Waals surface area contributed by atoms with Crippen molar-refractivity contribution in [1.82, 2.24) is 24.6 Å². The molecule has 0 N–H and O–H groups in total. The predicted molar refractivity (Wildman–Crippen MR) is 105 cm³/mol. The van der Waals surface area contributed by atoms with Gasteiger partial charge in [-0.3, -0.25) is 9.58 Å². The number of hydrogen-bond acceptors (Lipinski definition) is 6. The first-order valence-electron chi connectivity index (χ1n) is 9.95. The first kappa shape index (κ1) is 18.4. The summed E-state index contributed by atoms with van der Waals surface area (Å²) in [5, 5.41) is 4.71. The van der Waals surface area contributed by atoms with Crippen LogP contribution in [0.15, 0.2) is 6.20 Å². The van der Waals surface area contributed by atoms with E-state index in [1.54, 1.807) is 0 Å². The van der Waals surface area contributed by atoms with Gasteiger partial charge in [0.05, 0.1) is 18.9 Å². The van der Waals surface area contributed by atoms with Crippen LogP contribution in [0.2, 0.25) is 0 Å². The first-order valence-corrected chi connectivity index (χ1v) is 9.95. The third-order valence-corrected chi connectivity index (χ3v) is 5.55. The summed E-state index contributed by atoms with van der Waals surface area (Å²) in [4.78, 5) is 14.3. The van der Waals surface area contributed by atoms with Gasteiger partial charge in [0.1, 0.15) is 11.6 Å². The van der Waals surface area contributed by atoms with Crippen LogP contribution in [0.5, 0.6) is 0 Å². The Labute approximate surface area is 161 Å². The van der Waals surface area contributed by atoms with Crippen LogP contribution in [0, 0.1) is 6.92 Å². The van der Waals surface area contributed by atoms with Crippen LogP contribution < -0.4 is 4.90 Å². The van der Waals surface area contributed by atoms with Crippen molar-refractivity contribution in [1.29, 1.82) is 0 Å². The summed E-state index contributed by atoms with van der Waals surface area (Å²) >= 11 is 0. The minimum absolute atomic E-state index is 0.377. The van der Waals surface area contributed by atoms with Crippen molar-refractivity contribution < 1.29 is 4.74 Å². The number of anilines is 1. The molecule has 0 bridgehead atoms. The quantitative estimate of drug-likeness (QED) is 0.821. The number of ether oxygens (including phenoxy) is 1. The molecule has 1 fully saturated rings. The minimum atomic E-state index is 0.377. The SMILES string of the molecule is Cc1nn(C)c(N2CCOCC2)c1CN1CCc2nc(C(C)C)ncc2C1. The number of nitrogens with zero attached hydrogens (tertiary/aromatic N) is 6. The van der Waals surface area contributed by atoms with Gasteiger partial charge in [-0.05, 0) is 6.92 Å². The van der Waals surface area contributed by atoms with Gasteiger partial charge < -0.3 is 9.64 Å². The zero-order valence-corrected chi connectivity index (χ0v) is 16.9. The van der Waals surface area contributed by atoms with E-state index < -0.39 is 0 Å². The number of rotatable bonds is 4.